The van der Waals surface area contributed by atoms with Crippen molar-refractivity contribution in [1.29, 1.82) is 0 Å². The predicted octanol–water partition coefficient (Wildman–Crippen LogP) is 3.23. The summed E-state index contributed by atoms with van der Waals surface area (Å²) in [4.78, 5) is 14.0. The van der Waals surface area contributed by atoms with Gasteiger partial charge in [0.05, 0.1) is 5.56 Å². The van der Waals surface area contributed by atoms with Gasteiger partial charge in [0.25, 0.3) is 5.91 Å². The molecule has 0 atom stereocenters. The van der Waals surface area contributed by atoms with E-state index in [1.54, 1.807) is 11.0 Å². The number of nitrogens with zero attached hydrogens (tertiary/aromatic N) is 1. The van der Waals surface area contributed by atoms with Gasteiger partial charge in [0.2, 0.25) is 0 Å². The van der Waals surface area contributed by atoms with Gasteiger partial charge in [-0.1, -0.05) is 32.4 Å². The summed E-state index contributed by atoms with van der Waals surface area (Å²) < 4.78 is 13.8. The van der Waals surface area contributed by atoms with Crippen molar-refractivity contribution >= 4 is 11.6 Å². The first-order chi connectivity index (χ1) is 9.29. The molecule has 3 nitrogen and oxygen atoms in total. The van der Waals surface area contributed by atoms with Crippen LogP contribution in [0.5, 0.6) is 0 Å². The molecule has 0 saturated carbocycles. The standard InChI is InChI=1S/C16H21FN2O/c1-16(2,3)11-6-8-19(9-7-11)15(20)13-5-4-12(18)10-14(13)17/h4-6,10H,7-9,18H2,1-3H3. The molecule has 0 bridgehead atoms. The summed E-state index contributed by atoms with van der Waals surface area (Å²) in [5.74, 6) is -0.827. The van der Waals surface area contributed by atoms with Gasteiger partial charge in [-0.2, -0.15) is 0 Å². The van der Waals surface area contributed by atoms with Crippen LogP contribution >= 0.6 is 0 Å². The van der Waals surface area contributed by atoms with E-state index >= 15 is 0 Å². The number of hydrogen-bond donors (Lipinski definition) is 1. The molecule has 1 aliphatic heterocycles. The fourth-order valence-corrected chi connectivity index (χ4v) is 2.41. The lowest BCUT2D eigenvalue weighted by Gasteiger charge is -2.32. The topological polar surface area (TPSA) is 46.3 Å². The van der Waals surface area contributed by atoms with Crippen LogP contribution < -0.4 is 5.73 Å². The van der Waals surface area contributed by atoms with Crippen LogP contribution in [0, 0.1) is 11.2 Å². The van der Waals surface area contributed by atoms with Crippen LogP contribution in [0.25, 0.3) is 0 Å². The van der Waals surface area contributed by atoms with Crippen molar-refractivity contribution in [3.8, 4) is 0 Å². The Kier molecular flexibility index (Phi) is 3.84. The molecule has 1 heterocycles. The molecule has 2 rings (SSSR count). The molecule has 0 fully saturated rings. The molecule has 1 amide bonds. The Hall–Kier alpha value is -1.84. The molecular weight excluding hydrogens is 255 g/mol. The van der Waals surface area contributed by atoms with E-state index in [1.807, 2.05) is 0 Å². The summed E-state index contributed by atoms with van der Waals surface area (Å²) in [5, 5.41) is 0. The number of nitrogens with two attached hydrogens (primary N) is 1. The maximum atomic E-state index is 13.8. The van der Waals surface area contributed by atoms with Crippen molar-refractivity contribution in [3.63, 3.8) is 0 Å². The molecule has 0 saturated heterocycles. The predicted molar refractivity (Wildman–Crippen MR) is 78.9 cm³/mol. The second-order valence-corrected chi connectivity index (χ2v) is 6.22. The average Bonchev–Trinajstić information content (AvgIpc) is 2.37. The van der Waals surface area contributed by atoms with Crippen molar-refractivity contribution in [3.05, 3.63) is 41.2 Å². The molecule has 0 spiro atoms. The van der Waals surface area contributed by atoms with Crippen LogP contribution in [0.3, 0.4) is 0 Å². The van der Waals surface area contributed by atoms with Gasteiger partial charge in [0.15, 0.2) is 0 Å². The van der Waals surface area contributed by atoms with E-state index in [2.05, 4.69) is 26.8 Å². The number of hydrogen-bond acceptors (Lipinski definition) is 2. The minimum absolute atomic E-state index is 0.0896. The van der Waals surface area contributed by atoms with E-state index in [0.717, 1.165) is 6.42 Å². The Balaban J connectivity index is 2.14. The van der Waals surface area contributed by atoms with Crippen LogP contribution in [0.15, 0.2) is 29.8 Å². The third kappa shape index (κ3) is 3.00. The zero-order chi connectivity index (χ0) is 14.9. The van der Waals surface area contributed by atoms with Crippen LogP contribution in [-0.2, 0) is 0 Å². The number of nitrogen functional groups attached to an aromatic ring is 1. The summed E-state index contributed by atoms with van der Waals surface area (Å²) in [7, 11) is 0. The number of anilines is 1. The van der Waals surface area contributed by atoms with Gasteiger partial charge in [0, 0.05) is 18.8 Å². The summed E-state index contributed by atoms with van der Waals surface area (Å²) >= 11 is 0. The molecule has 2 N–H and O–H groups in total. The molecule has 0 radical (unpaired) electrons. The molecule has 0 aliphatic carbocycles. The normalized spacial score (nSPS) is 16.0. The zero-order valence-electron chi connectivity index (χ0n) is 12.2. The van der Waals surface area contributed by atoms with Crippen molar-refractivity contribution < 1.29 is 9.18 Å². The summed E-state index contributed by atoms with van der Waals surface area (Å²) in [6.07, 6.45) is 2.92. The van der Waals surface area contributed by atoms with Gasteiger partial charge in [-0.15, -0.1) is 0 Å². The van der Waals surface area contributed by atoms with E-state index < -0.39 is 5.82 Å². The van der Waals surface area contributed by atoms with Gasteiger partial charge in [-0.05, 0) is 30.0 Å². The van der Waals surface area contributed by atoms with Crippen molar-refractivity contribution in [1.82, 2.24) is 4.90 Å². The Morgan fingerprint density at radius 2 is 2.05 bits per heavy atom. The van der Waals surface area contributed by atoms with Crippen LogP contribution in [0.4, 0.5) is 10.1 Å². The molecule has 4 heteroatoms. The maximum Gasteiger partial charge on any atom is 0.257 e. The second kappa shape index (κ2) is 5.27. The third-order valence-corrected chi connectivity index (χ3v) is 3.68. The highest BCUT2D eigenvalue weighted by atomic mass is 19.1. The second-order valence-electron chi connectivity index (χ2n) is 6.22. The number of benzene rings is 1. The number of carbonyl (C=O) groups excluding carboxylic acids is 1. The zero-order valence-corrected chi connectivity index (χ0v) is 12.2. The summed E-state index contributed by atoms with van der Waals surface area (Å²) in [6, 6.07) is 4.19. The van der Waals surface area contributed by atoms with Gasteiger partial charge in [-0.25, -0.2) is 4.39 Å². The summed E-state index contributed by atoms with van der Waals surface area (Å²) in [5.41, 5.74) is 7.39. The fourth-order valence-electron chi connectivity index (χ4n) is 2.41. The highest BCUT2D eigenvalue weighted by Crippen LogP contribution is 2.30. The van der Waals surface area contributed by atoms with Crippen LogP contribution in [0.1, 0.15) is 37.6 Å². The Labute approximate surface area is 119 Å². The molecule has 0 unspecified atom stereocenters. The highest BCUT2D eigenvalue weighted by molar-refractivity contribution is 5.95. The third-order valence-electron chi connectivity index (χ3n) is 3.68. The Morgan fingerprint density at radius 3 is 2.55 bits per heavy atom. The largest absolute Gasteiger partial charge is 0.399 e. The Bertz CT molecular complexity index is 558. The van der Waals surface area contributed by atoms with E-state index in [4.69, 9.17) is 5.73 Å². The smallest absolute Gasteiger partial charge is 0.257 e. The molecule has 1 aliphatic rings. The van der Waals surface area contributed by atoms with Gasteiger partial charge in [0.1, 0.15) is 5.82 Å². The van der Waals surface area contributed by atoms with E-state index in [9.17, 15) is 9.18 Å². The molecule has 1 aromatic carbocycles. The first-order valence-electron chi connectivity index (χ1n) is 6.83. The summed E-state index contributed by atoms with van der Waals surface area (Å²) in [6.45, 7) is 7.66. The Morgan fingerprint density at radius 1 is 1.35 bits per heavy atom. The molecule has 1 aromatic rings. The molecule has 0 aromatic heterocycles. The molecule has 20 heavy (non-hydrogen) atoms. The lowest BCUT2D eigenvalue weighted by Crippen LogP contribution is -2.36. The van der Waals surface area contributed by atoms with Crippen molar-refractivity contribution in [2.24, 2.45) is 5.41 Å². The first-order valence-corrected chi connectivity index (χ1v) is 6.83. The van der Waals surface area contributed by atoms with Gasteiger partial charge >= 0.3 is 0 Å². The van der Waals surface area contributed by atoms with E-state index in [1.165, 1.54) is 17.7 Å². The first kappa shape index (κ1) is 14.6. The fraction of sp³-hybridized carbons (Fsp3) is 0.438. The number of carbonyl (C=O) groups is 1. The van der Waals surface area contributed by atoms with E-state index in [0.29, 0.717) is 18.8 Å². The van der Waals surface area contributed by atoms with Crippen molar-refractivity contribution in [2.45, 2.75) is 27.2 Å². The van der Waals surface area contributed by atoms with E-state index in [-0.39, 0.29) is 16.9 Å². The van der Waals surface area contributed by atoms with Gasteiger partial charge < -0.3 is 10.6 Å². The monoisotopic (exact) mass is 276 g/mol. The van der Waals surface area contributed by atoms with Crippen LogP contribution in [-0.4, -0.2) is 23.9 Å². The number of rotatable bonds is 1. The minimum Gasteiger partial charge on any atom is -0.399 e. The molecule has 108 valence electrons. The van der Waals surface area contributed by atoms with Crippen molar-refractivity contribution in [2.75, 3.05) is 18.8 Å². The lowest BCUT2D eigenvalue weighted by atomic mass is 9.83. The quantitative estimate of drug-likeness (QED) is 0.632. The minimum atomic E-state index is -0.555. The average molecular weight is 276 g/mol. The SMILES string of the molecule is CC(C)(C)C1=CCN(C(=O)c2ccc(N)cc2F)CC1. The maximum absolute atomic E-state index is 13.8. The number of amides is 1. The van der Waals surface area contributed by atoms with Gasteiger partial charge in [-0.3, -0.25) is 4.79 Å². The lowest BCUT2D eigenvalue weighted by molar-refractivity contribution is 0.0760. The number of halogens is 1. The molecular formula is C16H21FN2O. The van der Waals surface area contributed by atoms with Crippen LogP contribution in [0.2, 0.25) is 0 Å². The highest BCUT2D eigenvalue weighted by Gasteiger charge is 2.25.